The number of amides is 1. The molecule has 2 rings (SSSR count). The number of carbonyl (C=O) groups excluding carboxylic acids is 1. The van der Waals surface area contributed by atoms with Crippen molar-refractivity contribution >= 4 is 18.3 Å². The molecule has 0 aliphatic carbocycles. The van der Waals surface area contributed by atoms with Crippen LogP contribution in [0.5, 0.6) is 0 Å². The molecule has 11 heavy (non-hydrogen) atoms. The summed E-state index contributed by atoms with van der Waals surface area (Å²) in [5.41, 5.74) is 0. The molecule has 0 spiro atoms. The standard InChI is InChI=1S/C7H12N2O.ClH/c10-7-1-5-2-8-3-6(5)4-9-7;/h5-6,8H,1-4H2,(H,9,10);1H. The lowest BCUT2D eigenvalue weighted by atomic mass is 9.89. The van der Waals surface area contributed by atoms with Crippen LogP contribution >= 0.6 is 12.4 Å². The molecular formula is C7H13ClN2O. The molecule has 2 unspecified atom stereocenters. The van der Waals surface area contributed by atoms with Gasteiger partial charge < -0.3 is 10.6 Å². The number of rotatable bonds is 0. The average Bonchev–Trinajstić information content (AvgIpc) is 2.33. The Bertz CT molecular complexity index is 163. The Hall–Kier alpha value is -0.280. The second-order valence-corrected chi connectivity index (χ2v) is 3.19. The third-order valence-corrected chi connectivity index (χ3v) is 2.49. The van der Waals surface area contributed by atoms with Gasteiger partial charge in [0.1, 0.15) is 0 Å². The molecule has 4 heteroatoms. The van der Waals surface area contributed by atoms with Crippen molar-refractivity contribution in [1.82, 2.24) is 10.6 Å². The van der Waals surface area contributed by atoms with E-state index in [-0.39, 0.29) is 18.3 Å². The number of hydrogen-bond acceptors (Lipinski definition) is 2. The van der Waals surface area contributed by atoms with Crippen molar-refractivity contribution in [3.05, 3.63) is 0 Å². The van der Waals surface area contributed by atoms with Crippen LogP contribution in [-0.4, -0.2) is 25.5 Å². The predicted molar refractivity (Wildman–Crippen MR) is 44.7 cm³/mol. The molecular weight excluding hydrogens is 164 g/mol. The summed E-state index contributed by atoms with van der Waals surface area (Å²) in [7, 11) is 0. The summed E-state index contributed by atoms with van der Waals surface area (Å²) >= 11 is 0. The summed E-state index contributed by atoms with van der Waals surface area (Å²) in [4.78, 5) is 10.9. The van der Waals surface area contributed by atoms with E-state index in [0.29, 0.717) is 11.8 Å². The molecule has 64 valence electrons. The van der Waals surface area contributed by atoms with Gasteiger partial charge in [0.25, 0.3) is 0 Å². The van der Waals surface area contributed by atoms with Crippen LogP contribution in [0.15, 0.2) is 0 Å². The molecule has 0 aromatic carbocycles. The number of halogens is 1. The van der Waals surface area contributed by atoms with Crippen molar-refractivity contribution < 1.29 is 4.79 Å². The molecule has 2 N–H and O–H groups in total. The molecule has 0 saturated carbocycles. The van der Waals surface area contributed by atoms with Crippen LogP contribution in [0.4, 0.5) is 0 Å². The van der Waals surface area contributed by atoms with Crippen LogP contribution in [-0.2, 0) is 4.79 Å². The summed E-state index contributed by atoms with van der Waals surface area (Å²) in [5, 5.41) is 6.17. The minimum Gasteiger partial charge on any atom is -0.356 e. The maximum absolute atomic E-state index is 10.9. The fraction of sp³-hybridized carbons (Fsp3) is 0.857. The first-order valence-electron chi connectivity index (χ1n) is 3.83. The second-order valence-electron chi connectivity index (χ2n) is 3.19. The zero-order valence-electron chi connectivity index (χ0n) is 6.30. The quantitative estimate of drug-likeness (QED) is 0.535. The van der Waals surface area contributed by atoms with E-state index in [9.17, 15) is 4.79 Å². The topological polar surface area (TPSA) is 41.1 Å². The normalized spacial score (nSPS) is 35.5. The molecule has 1 amide bonds. The predicted octanol–water partition coefficient (Wildman–Crippen LogP) is -0.236. The van der Waals surface area contributed by atoms with Crippen molar-refractivity contribution in [1.29, 1.82) is 0 Å². The summed E-state index contributed by atoms with van der Waals surface area (Å²) in [5.74, 6) is 1.55. The summed E-state index contributed by atoms with van der Waals surface area (Å²) in [6.45, 7) is 3.01. The minimum atomic E-state index is 0. The van der Waals surface area contributed by atoms with Gasteiger partial charge >= 0.3 is 0 Å². The van der Waals surface area contributed by atoms with Gasteiger partial charge in [-0.15, -0.1) is 12.4 Å². The summed E-state index contributed by atoms with van der Waals surface area (Å²) in [6, 6.07) is 0. The van der Waals surface area contributed by atoms with Gasteiger partial charge in [-0.3, -0.25) is 4.79 Å². The van der Waals surface area contributed by atoms with Crippen molar-refractivity contribution in [2.24, 2.45) is 11.8 Å². The lowest BCUT2D eigenvalue weighted by Crippen LogP contribution is -2.39. The molecule has 2 aliphatic rings. The third-order valence-electron chi connectivity index (χ3n) is 2.49. The van der Waals surface area contributed by atoms with Crippen LogP contribution < -0.4 is 10.6 Å². The molecule has 2 atom stereocenters. The Kier molecular flexibility index (Phi) is 2.73. The minimum absolute atomic E-state index is 0. The van der Waals surface area contributed by atoms with Crippen molar-refractivity contribution in [2.75, 3.05) is 19.6 Å². The highest BCUT2D eigenvalue weighted by molar-refractivity contribution is 5.85. The maximum Gasteiger partial charge on any atom is 0.220 e. The molecule has 3 nitrogen and oxygen atoms in total. The van der Waals surface area contributed by atoms with E-state index < -0.39 is 0 Å². The number of piperidine rings is 1. The fourth-order valence-electron chi connectivity index (χ4n) is 1.82. The lowest BCUT2D eigenvalue weighted by Gasteiger charge is -2.23. The van der Waals surface area contributed by atoms with Crippen LogP contribution in [0.2, 0.25) is 0 Å². The van der Waals surface area contributed by atoms with Crippen LogP contribution in [0, 0.1) is 11.8 Å². The summed E-state index contributed by atoms with van der Waals surface area (Å²) < 4.78 is 0. The van der Waals surface area contributed by atoms with E-state index in [0.717, 1.165) is 26.1 Å². The van der Waals surface area contributed by atoms with Crippen molar-refractivity contribution in [2.45, 2.75) is 6.42 Å². The largest absolute Gasteiger partial charge is 0.356 e. The van der Waals surface area contributed by atoms with Gasteiger partial charge in [-0.1, -0.05) is 0 Å². The van der Waals surface area contributed by atoms with E-state index in [2.05, 4.69) is 10.6 Å². The van der Waals surface area contributed by atoms with Gasteiger partial charge in [0.15, 0.2) is 0 Å². The van der Waals surface area contributed by atoms with Gasteiger partial charge in [-0.05, 0) is 24.9 Å². The first kappa shape index (κ1) is 8.81. The summed E-state index contributed by atoms with van der Waals surface area (Å²) in [6.07, 6.45) is 0.734. The smallest absolute Gasteiger partial charge is 0.220 e. The molecule has 2 saturated heterocycles. The highest BCUT2D eigenvalue weighted by Gasteiger charge is 2.32. The Labute approximate surface area is 72.3 Å². The van der Waals surface area contributed by atoms with E-state index in [1.54, 1.807) is 0 Å². The first-order chi connectivity index (χ1) is 4.86. The highest BCUT2D eigenvalue weighted by Crippen LogP contribution is 2.22. The van der Waals surface area contributed by atoms with Crippen molar-refractivity contribution in [3.63, 3.8) is 0 Å². The Balaban J connectivity index is 0.000000605. The average molecular weight is 177 g/mol. The molecule has 0 radical (unpaired) electrons. The second kappa shape index (κ2) is 3.41. The van der Waals surface area contributed by atoms with E-state index >= 15 is 0 Å². The van der Waals surface area contributed by atoms with Gasteiger partial charge in [-0.2, -0.15) is 0 Å². The molecule has 0 aromatic rings. The number of hydrogen-bond donors (Lipinski definition) is 2. The lowest BCUT2D eigenvalue weighted by molar-refractivity contribution is -0.124. The first-order valence-corrected chi connectivity index (χ1v) is 3.83. The molecule has 2 fully saturated rings. The molecule has 0 aromatic heterocycles. The number of carbonyl (C=O) groups is 1. The zero-order valence-corrected chi connectivity index (χ0v) is 7.12. The van der Waals surface area contributed by atoms with E-state index in [1.807, 2.05) is 0 Å². The molecule has 2 heterocycles. The maximum atomic E-state index is 10.9. The van der Waals surface area contributed by atoms with Gasteiger partial charge in [0, 0.05) is 13.0 Å². The van der Waals surface area contributed by atoms with Crippen LogP contribution in [0.3, 0.4) is 0 Å². The molecule has 0 bridgehead atoms. The van der Waals surface area contributed by atoms with Gasteiger partial charge in [0.2, 0.25) is 5.91 Å². The van der Waals surface area contributed by atoms with Crippen molar-refractivity contribution in [3.8, 4) is 0 Å². The van der Waals surface area contributed by atoms with Gasteiger partial charge in [-0.25, -0.2) is 0 Å². The van der Waals surface area contributed by atoms with Gasteiger partial charge in [0.05, 0.1) is 0 Å². The van der Waals surface area contributed by atoms with Crippen LogP contribution in [0.25, 0.3) is 0 Å². The SMILES string of the molecule is Cl.O=C1CC2CNCC2CN1. The number of nitrogens with one attached hydrogen (secondary N) is 2. The van der Waals surface area contributed by atoms with E-state index in [4.69, 9.17) is 0 Å². The third kappa shape index (κ3) is 1.65. The highest BCUT2D eigenvalue weighted by atomic mass is 35.5. The zero-order chi connectivity index (χ0) is 6.97. The van der Waals surface area contributed by atoms with Crippen LogP contribution in [0.1, 0.15) is 6.42 Å². The monoisotopic (exact) mass is 176 g/mol. The van der Waals surface area contributed by atoms with E-state index in [1.165, 1.54) is 0 Å². The number of fused-ring (bicyclic) bond motifs is 1. The fourth-order valence-corrected chi connectivity index (χ4v) is 1.82. The Morgan fingerprint density at radius 3 is 2.73 bits per heavy atom. The Morgan fingerprint density at radius 1 is 1.18 bits per heavy atom. The Morgan fingerprint density at radius 2 is 1.91 bits per heavy atom. The molecule has 2 aliphatic heterocycles.